The second-order valence-electron chi connectivity index (χ2n) is 19.3. The van der Waals surface area contributed by atoms with Crippen LogP contribution >= 0.6 is 0 Å². The number of ketones is 1. The van der Waals surface area contributed by atoms with Crippen LogP contribution in [0.2, 0.25) is 0 Å². The number of Topliss-reactive ketones (excluding diaryl/α,β-unsaturated/α-hetero) is 1. The van der Waals surface area contributed by atoms with Crippen molar-refractivity contribution >= 4 is 11.8 Å². The van der Waals surface area contributed by atoms with Gasteiger partial charge in [0.05, 0.1) is 24.3 Å². The van der Waals surface area contributed by atoms with Gasteiger partial charge in [-0.1, -0.05) is 94.1 Å². The number of carbonyl (C=O) groups excluding carboxylic acids is 2. The van der Waals surface area contributed by atoms with Crippen molar-refractivity contribution in [2.45, 2.75) is 155 Å². The molecule has 0 spiro atoms. The minimum atomic E-state index is -1.14. The van der Waals surface area contributed by atoms with Gasteiger partial charge in [-0.3, -0.25) is 4.79 Å². The van der Waals surface area contributed by atoms with Gasteiger partial charge in [-0.25, -0.2) is 4.79 Å². The minimum absolute atomic E-state index is 0.0326. The molecule has 6 heteroatoms. The topological polar surface area (TPSA) is 89.9 Å². The Morgan fingerprint density at radius 2 is 1.70 bits per heavy atom. The third kappa shape index (κ3) is 7.73. The Balaban J connectivity index is 1.24. The van der Waals surface area contributed by atoms with Crippen molar-refractivity contribution in [3.8, 4) is 0 Å². The Morgan fingerprint density at radius 1 is 0.944 bits per heavy atom. The van der Waals surface area contributed by atoms with Crippen molar-refractivity contribution in [2.24, 2.45) is 34.5 Å². The molecule has 4 bridgehead atoms. The highest BCUT2D eigenvalue weighted by molar-refractivity contribution is 5.99. The molecule has 0 heterocycles. The highest BCUT2D eigenvalue weighted by Gasteiger charge is 2.59. The number of carbonyl (C=O) groups is 2. The monoisotopic (exact) mass is 737 g/mol. The van der Waals surface area contributed by atoms with Crippen molar-refractivity contribution in [1.82, 2.24) is 10.2 Å². The molecule has 8 unspecified atom stereocenters. The van der Waals surface area contributed by atoms with Crippen molar-refractivity contribution in [2.75, 3.05) is 13.1 Å². The van der Waals surface area contributed by atoms with Gasteiger partial charge >= 0.3 is 6.03 Å². The molecule has 2 aromatic carbocycles. The Morgan fingerprint density at radius 3 is 2.43 bits per heavy atom. The second kappa shape index (κ2) is 15.9. The van der Waals surface area contributed by atoms with Gasteiger partial charge in [-0.15, -0.1) is 0 Å². The fourth-order valence-electron chi connectivity index (χ4n) is 11.9. The van der Waals surface area contributed by atoms with E-state index in [1.54, 1.807) is 0 Å². The van der Waals surface area contributed by atoms with E-state index in [0.29, 0.717) is 43.1 Å². The van der Waals surface area contributed by atoms with Crippen LogP contribution in [0.25, 0.3) is 0 Å². The van der Waals surface area contributed by atoms with Crippen LogP contribution < -0.4 is 5.32 Å². The average Bonchev–Trinajstić information content (AvgIpc) is 3.42. The maximum Gasteiger partial charge on any atom is 0.317 e. The molecular formula is C48H68N2O4. The summed E-state index contributed by atoms with van der Waals surface area (Å²) in [7, 11) is 0. The first kappa shape index (κ1) is 39.3. The minimum Gasteiger partial charge on any atom is -0.393 e. The summed E-state index contributed by atoms with van der Waals surface area (Å²) in [5.74, 6) is 2.02. The summed E-state index contributed by atoms with van der Waals surface area (Å²) in [4.78, 5) is 31.1. The van der Waals surface area contributed by atoms with Crippen molar-refractivity contribution < 1.29 is 19.8 Å². The summed E-state index contributed by atoms with van der Waals surface area (Å²) in [6, 6.07) is 16.3. The fraction of sp³-hybridized carbons (Fsp3) is 0.667. The lowest BCUT2D eigenvalue weighted by atomic mass is 9.45. The number of aliphatic hydroxyl groups is 2. The fourth-order valence-corrected chi connectivity index (χ4v) is 11.9. The number of allylic oxidation sites excluding steroid dienone is 2. The predicted molar refractivity (Wildman–Crippen MR) is 217 cm³/mol. The SMILES string of the molecule is CC1=CCCC2(C)C(CCC2(O)CN(CC2CCC3CC2C3(C)C)C(=O)NC(C)c2ccccc2)c2ccc(cc2C(=O)C2CCCCC2)CC(O)CC1. The van der Waals surface area contributed by atoms with Crippen LogP contribution in [0.3, 0.4) is 0 Å². The van der Waals surface area contributed by atoms with E-state index in [0.717, 1.165) is 86.0 Å². The second-order valence-corrected chi connectivity index (χ2v) is 19.3. The van der Waals surface area contributed by atoms with Gasteiger partial charge in [-0.2, -0.15) is 0 Å². The Kier molecular flexibility index (Phi) is 11.6. The molecular weight excluding hydrogens is 669 g/mol. The molecule has 8 atom stereocenters. The summed E-state index contributed by atoms with van der Waals surface area (Å²) in [6.07, 6.45) is 15.6. The standard InChI is InChI=1S/C48H68N2O4/c1-32-13-12-25-47(5)42(40-23-19-34(27-39(51)22-18-32)28-41(40)44(52)36-16-10-7-11-17-36)24-26-48(47,54)31-50(30-37-20-21-38-29-43(37)46(38,3)4)45(53)49-33(2)35-14-8-6-9-15-35/h6,8-9,13-15,19,23,28,33,36-39,42-43,51,54H,7,10-12,16-18,20-22,24-27,29-31H2,1-5H3,(H,49,53). The number of hydrogen-bond acceptors (Lipinski definition) is 4. The molecule has 2 aromatic rings. The Labute approximate surface area is 325 Å². The van der Waals surface area contributed by atoms with Gasteiger partial charge in [0.2, 0.25) is 0 Å². The van der Waals surface area contributed by atoms with Gasteiger partial charge in [0.1, 0.15) is 0 Å². The van der Waals surface area contributed by atoms with Crippen LogP contribution in [-0.4, -0.2) is 51.7 Å². The van der Waals surface area contributed by atoms with E-state index >= 15 is 0 Å². The molecule has 9 rings (SSSR count). The molecule has 2 amide bonds. The van der Waals surface area contributed by atoms with Gasteiger partial charge in [-0.05, 0) is 143 Å². The smallest absolute Gasteiger partial charge is 0.317 e. The molecule has 3 N–H and O–H groups in total. The number of nitrogens with one attached hydrogen (secondary N) is 1. The summed E-state index contributed by atoms with van der Waals surface area (Å²) >= 11 is 0. The molecule has 5 fully saturated rings. The van der Waals surface area contributed by atoms with E-state index in [2.05, 4.69) is 69.4 Å². The largest absolute Gasteiger partial charge is 0.393 e. The third-order valence-corrected chi connectivity index (χ3v) is 15.7. The van der Waals surface area contributed by atoms with Crippen molar-refractivity contribution in [1.29, 1.82) is 0 Å². The van der Waals surface area contributed by atoms with Crippen LogP contribution in [0.1, 0.15) is 164 Å². The van der Waals surface area contributed by atoms with Crippen LogP contribution in [0.5, 0.6) is 0 Å². The Hall–Kier alpha value is -2.96. The van der Waals surface area contributed by atoms with E-state index in [-0.39, 0.29) is 36.2 Å². The van der Waals surface area contributed by atoms with Crippen molar-refractivity contribution in [3.05, 3.63) is 82.4 Å². The number of hydrogen-bond donors (Lipinski definition) is 3. The van der Waals surface area contributed by atoms with Crippen LogP contribution in [-0.2, 0) is 6.42 Å². The average molecular weight is 737 g/mol. The predicted octanol–water partition coefficient (Wildman–Crippen LogP) is 10.3. The number of fused-ring (bicyclic) bond motifs is 10. The van der Waals surface area contributed by atoms with Gasteiger partial charge in [0, 0.05) is 23.4 Å². The molecule has 0 radical (unpaired) electrons. The lowest BCUT2D eigenvalue weighted by Crippen LogP contribution is -2.59. The van der Waals surface area contributed by atoms with Gasteiger partial charge < -0.3 is 20.4 Å². The quantitative estimate of drug-likeness (QED) is 0.186. The zero-order chi connectivity index (χ0) is 38.3. The zero-order valence-corrected chi connectivity index (χ0v) is 33.9. The molecule has 0 aromatic heterocycles. The number of nitrogens with zero attached hydrogens (tertiary/aromatic N) is 1. The summed E-state index contributed by atoms with van der Waals surface area (Å²) in [6.45, 7) is 12.2. The van der Waals surface area contributed by atoms with Crippen LogP contribution in [0, 0.1) is 34.5 Å². The zero-order valence-electron chi connectivity index (χ0n) is 33.9. The van der Waals surface area contributed by atoms with E-state index in [9.17, 15) is 19.8 Å². The first-order valence-electron chi connectivity index (χ1n) is 21.6. The van der Waals surface area contributed by atoms with Crippen molar-refractivity contribution in [3.63, 3.8) is 0 Å². The molecule has 54 heavy (non-hydrogen) atoms. The molecule has 294 valence electrons. The van der Waals surface area contributed by atoms with E-state index in [1.165, 1.54) is 24.8 Å². The molecule has 0 saturated heterocycles. The number of benzene rings is 2. The van der Waals surface area contributed by atoms with E-state index in [1.807, 2.05) is 30.0 Å². The lowest BCUT2D eigenvalue weighted by Gasteiger charge is -2.60. The van der Waals surface area contributed by atoms with Crippen LogP contribution in [0.15, 0.2) is 60.2 Å². The molecule has 7 aliphatic rings. The third-order valence-electron chi connectivity index (χ3n) is 15.7. The number of urea groups is 1. The highest BCUT2D eigenvalue weighted by atomic mass is 16.3. The first-order chi connectivity index (χ1) is 25.8. The normalized spacial score (nSPS) is 33.1. The van der Waals surface area contributed by atoms with Crippen LogP contribution in [0.4, 0.5) is 4.79 Å². The molecule has 5 saturated carbocycles. The summed E-state index contributed by atoms with van der Waals surface area (Å²) in [5.41, 5.74) is 3.80. The van der Waals surface area contributed by atoms with E-state index < -0.39 is 17.1 Å². The van der Waals surface area contributed by atoms with Gasteiger partial charge in [0.15, 0.2) is 5.78 Å². The molecule has 7 aliphatic carbocycles. The maximum absolute atomic E-state index is 14.6. The molecule has 0 aliphatic heterocycles. The highest BCUT2D eigenvalue weighted by Crippen LogP contribution is 2.62. The summed E-state index contributed by atoms with van der Waals surface area (Å²) < 4.78 is 0. The number of amides is 2. The lowest BCUT2D eigenvalue weighted by molar-refractivity contribution is -0.118. The molecule has 6 nitrogen and oxygen atoms in total. The number of rotatable bonds is 8. The van der Waals surface area contributed by atoms with Gasteiger partial charge in [0.25, 0.3) is 0 Å². The van der Waals surface area contributed by atoms with E-state index in [4.69, 9.17) is 0 Å². The summed E-state index contributed by atoms with van der Waals surface area (Å²) in [5, 5.41) is 27.7. The number of aliphatic hydroxyl groups excluding tert-OH is 1. The maximum atomic E-state index is 14.6. The first-order valence-corrected chi connectivity index (χ1v) is 21.6. The Bertz CT molecular complexity index is 1680.